The third kappa shape index (κ3) is 2.77. The highest BCUT2D eigenvalue weighted by atomic mass is 16.3. The first-order valence-corrected chi connectivity index (χ1v) is 8.32. The summed E-state index contributed by atoms with van der Waals surface area (Å²) in [6, 6.07) is 2.19. The van der Waals surface area contributed by atoms with E-state index in [4.69, 9.17) is 4.42 Å². The van der Waals surface area contributed by atoms with Gasteiger partial charge in [-0.3, -0.25) is 4.79 Å². The van der Waals surface area contributed by atoms with Crippen LogP contribution in [0, 0.1) is 20.8 Å². The topological polar surface area (TPSA) is 33.5 Å². The highest BCUT2D eigenvalue weighted by Crippen LogP contribution is 2.30. The van der Waals surface area contributed by atoms with Crippen molar-refractivity contribution < 1.29 is 9.21 Å². The van der Waals surface area contributed by atoms with Gasteiger partial charge in [-0.15, -0.1) is 0 Å². The third-order valence-corrected chi connectivity index (χ3v) is 4.93. The van der Waals surface area contributed by atoms with Crippen molar-refractivity contribution in [1.29, 1.82) is 0 Å². The number of aryl methyl sites for hydroxylation is 3. The van der Waals surface area contributed by atoms with Crippen LogP contribution in [0.5, 0.6) is 0 Å². The van der Waals surface area contributed by atoms with Crippen LogP contribution in [0.3, 0.4) is 0 Å². The second kappa shape index (κ2) is 6.15. The molecule has 1 aliphatic rings. The molecule has 22 heavy (non-hydrogen) atoms. The van der Waals surface area contributed by atoms with Crippen LogP contribution in [0.1, 0.15) is 47.9 Å². The smallest absolute Gasteiger partial charge is 0.227 e. The van der Waals surface area contributed by atoms with Crippen molar-refractivity contribution in [3.63, 3.8) is 0 Å². The van der Waals surface area contributed by atoms with E-state index in [1.54, 1.807) is 6.26 Å². The van der Waals surface area contributed by atoms with Crippen molar-refractivity contribution >= 4 is 16.9 Å². The third-order valence-electron chi connectivity index (χ3n) is 4.93. The number of amides is 1. The van der Waals surface area contributed by atoms with Gasteiger partial charge in [0.25, 0.3) is 0 Å². The molecule has 1 aromatic carbocycles. The van der Waals surface area contributed by atoms with Crippen LogP contribution in [-0.4, -0.2) is 23.9 Å². The predicted molar refractivity (Wildman–Crippen MR) is 89.2 cm³/mol. The molecular weight excluding hydrogens is 274 g/mol. The standard InChI is InChI=1S/C19H25NO2/c1-13-10-14(2)18-16(12-22-19(18)15(13)3)11-17(21)20-8-6-4-5-7-9-20/h10,12H,4-9,11H2,1-3H3. The van der Waals surface area contributed by atoms with Crippen molar-refractivity contribution in [2.75, 3.05) is 13.1 Å². The summed E-state index contributed by atoms with van der Waals surface area (Å²) in [6.07, 6.45) is 6.99. The van der Waals surface area contributed by atoms with Gasteiger partial charge in [-0.2, -0.15) is 0 Å². The minimum absolute atomic E-state index is 0.238. The van der Waals surface area contributed by atoms with E-state index < -0.39 is 0 Å². The van der Waals surface area contributed by atoms with Crippen LogP contribution >= 0.6 is 0 Å². The molecular formula is C19H25NO2. The first kappa shape index (κ1) is 15.1. The molecule has 3 heteroatoms. The molecule has 1 aromatic heterocycles. The molecule has 2 heterocycles. The average Bonchev–Trinajstić information content (AvgIpc) is 2.72. The number of hydrogen-bond acceptors (Lipinski definition) is 2. The van der Waals surface area contributed by atoms with Crippen LogP contribution < -0.4 is 0 Å². The lowest BCUT2D eigenvalue weighted by atomic mass is 9.99. The van der Waals surface area contributed by atoms with E-state index in [1.807, 2.05) is 4.90 Å². The van der Waals surface area contributed by atoms with Crippen molar-refractivity contribution in [3.05, 3.63) is 34.6 Å². The Bertz CT molecular complexity index is 691. The predicted octanol–water partition coefficient (Wildman–Crippen LogP) is 4.30. The van der Waals surface area contributed by atoms with Gasteiger partial charge in [-0.05, 0) is 50.3 Å². The molecule has 118 valence electrons. The van der Waals surface area contributed by atoms with E-state index in [1.165, 1.54) is 29.5 Å². The lowest BCUT2D eigenvalue weighted by molar-refractivity contribution is -0.130. The van der Waals surface area contributed by atoms with E-state index >= 15 is 0 Å². The van der Waals surface area contributed by atoms with Crippen molar-refractivity contribution in [2.45, 2.75) is 52.9 Å². The lowest BCUT2D eigenvalue weighted by Gasteiger charge is -2.20. The highest BCUT2D eigenvalue weighted by Gasteiger charge is 2.19. The fourth-order valence-corrected chi connectivity index (χ4v) is 3.51. The molecule has 2 aromatic rings. The van der Waals surface area contributed by atoms with Gasteiger partial charge in [-0.1, -0.05) is 18.9 Å². The van der Waals surface area contributed by atoms with Gasteiger partial charge in [0.05, 0.1) is 12.7 Å². The van der Waals surface area contributed by atoms with Gasteiger partial charge in [0, 0.05) is 24.0 Å². The fourth-order valence-electron chi connectivity index (χ4n) is 3.51. The monoisotopic (exact) mass is 299 g/mol. The van der Waals surface area contributed by atoms with Crippen LogP contribution in [0.25, 0.3) is 11.0 Å². The normalized spacial score (nSPS) is 16.0. The summed E-state index contributed by atoms with van der Waals surface area (Å²) in [4.78, 5) is 14.6. The van der Waals surface area contributed by atoms with Crippen molar-refractivity contribution in [3.8, 4) is 0 Å². The van der Waals surface area contributed by atoms with E-state index in [2.05, 4.69) is 26.8 Å². The maximum atomic E-state index is 12.6. The van der Waals surface area contributed by atoms with E-state index in [0.29, 0.717) is 6.42 Å². The van der Waals surface area contributed by atoms with E-state index in [0.717, 1.165) is 42.5 Å². The Labute approximate surface area is 132 Å². The Kier molecular flexibility index (Phi) is 4.23. The van der Waals surface area contributed by atoms with Gasteiger partial charge in [-0.25, -0.2) is 0 Å². The van der Waals surface area contributed by atoms with Gasteiger partial charge < -0.3 is 9.32 Å². The molecule has 3 nitrogen and oxygen atoms in total. The van der Waals surface area contributed by atoms with Crippen molar-refractivity contribution in [2.24, 2.45) is 0 Å². The van der Waals surface area contributed by atoms with E-state index in [9.17, 15) is 4.79 Å². The number of nitrogens with zero attached hydrogens (tertiary/aromatic N) is 1. The molecule has 0 saturated carbocycles. The van der Waals surface area contributed by atoms with Crippen LogP contribution in [0.2, 0.25) is 0 Å². The summed E-state index contributed by atoms with van der Waals surface area (Å²) in [6.45, 7) is 8.11. The largest absolute Gasteiger partial charge is 0.464 e. The summed E-state index contributed by atoms with van der Waals surface area (Å²) in [5.41, 5.74) is 5.59. The summed E-state index contributed by atoms with van der Waals surface area (Å²) in [5.74, 6) is 0.238. The highest BCUT2D eigenvalue weighted by molar-refractivity contribution is 5.91. The molecule has 1 amide bonds. The quantitative estimate of drug-likeness (QED) is 0.828. The minimum atomic E-state index is 0.238. The summed E-state index contributed by atoms with van der Waals surface area (Å²) in [5, 5.41) is 1.13. The number of carbonyl (C=O) groups is 1. The van der Waals surface area contributed by atoms with Gasteiger partial charge in [0.1, 0.15) is 5.58 Å². The first-order valence-electron chi connectivity index (χ1n) is 8.32. The lowest BCUT2D eigenvalue weighted by Crippen LogP contribution is -2.33. The molecule has 0 atom stereocenters. The molecule has 1 aliphatic heterocycles. The first-order chi connectivity index (χ1) is 10.6. The van der Waals surface area contributed by atoms with Gasteiger partial charge in [0.2, 0.25) is 5.91 Å². The molecule has 1 saturated heterocycles. The Hall–Kier alpha value is -1.77. The van der Waals surface area contributed by atoms with Gasteiger partial charge >= 0.3 is 0 Å². The zero-order valence-corrected chi connectivity index (χ0v) is 13.9. The molecule has 3 rings (SSSR count). The Morgan fingerprint density at radius 3 is 2.45 bits per heavy atom. The van der Waals surface area contributed by atoms with E-state index in [-0.39, 0.29) is 5.91 Å². The van der Waals surface area contributed by atoms with Crippen LogP contribution in [0.15, 0.2) is 16.7 Å². The Balaban J connectivity index is 1.88. The number of furan rings is 1. The molecule has 0 spiro atoms. The Morgan fingerprint density at radius 2 is 1.77 bits per heavy atom. The number of rotatable bonds is 2. The maximum absolute atomic E-state index is 12.6. The second-order valence-electron chi connectivity index (χ2n) is 6.57. The van der Waals surface area contributed by atoms with Gasteiger partial charge in [0.15, 0.2) is 0 Å². The molecule has 0 bridgehead atoms. The molecule has 0 unspecified atom stereocenters. The number of hydrogen-bond donors (Lipinski definition) is 0. The van der Waals surface area contributed by atoms with Crippen LogP contribution in [0.4, 0.5) is 0 Å². The summed E-state index contributed by atoms with van der Waals surface area (Å²) in [7, 11) is 0. The zero-order valence-electron chi connectivity index (χ0n) is 13.9. The molecule has 0 radical (unpaired) electrons. The van der Waals surface area contributed by atoms with Crippen LogP contribution in [-0.2, 0) is 11.2 Å². The molecule has 0 N–H and O–H groups in total. The SMILES string of the molecule is Cc1cc(C)c2c(CC(=O)N3CCCCCC3)coc2c1C. The molecule has 0 aliphatic carbocycles. The number of fused-ring (bicyclic) bond motifs is 1. The minimum Gasteiger partial charge on any atom is -0.464 e. The Morgan fingerprint density at radius 1 is 1.09 bits per heavy atom. The zero-order chi connectivity index (χ0) is 15.7. The molecule has 1 fully saturated rings. The summed E-state index contributed by atoms with van der Waals surface area (Å²) < 4.78 is 5.78. The number of carbonyl (C=O) groups excluding carboxylic acids is 1. The number of likely N-dealkylation sites (tertiary alicyclic amines) is 1. The number of benzene rings is 1. The average molecular weight is 299 g/mol. The fraction of sp³-hybridized carbons (Fsp3) is 0.526. The van der Waals surface area contributed by atoms with Crippen molar-refractivity contribution in [1.82, 2.24) is 4.90 Å². The maximum Gasteiger partial charge on any atom is 0.227 e. The summed E-state index contributed by atoms with van der Waals surface area (Å²) >= 11 is 0. The second-order valence-corrected chi connectivity index (χ2v) is 6.57.